The molecule has 120 valence electrons. The fourth-order valence-electron chi connectivity index (χ4n) is 2.28. The Morgan fingerprint density at radius 2 is 1.74 bits per heavy atom. The van der Waals surface area contributed by atoms with Crippen LogP contribution in [0.25, 0.3) is 0 Å². The maximum absolute atomic E-state index is 13.7. The van der Waals surface area contributed by atoms with E-state index in [9.17, 15) is 18.8 Å². The van der Waals surface area contributed by atoms with E-state index in [0.717, 1.165) is 6.21 Å². The number of benzene rings is 2. The number of ketones is 1. The molecule has 0 radical (unpaired) electrons. The van der Waals surface area contributed by atoms with E-state index in [-0.39, 0.29) is 17.7 Å². The highest BCUT2D eigenvalue weighted by Gasteiger charge is 2.24. The van der Waals surface area contributed by atoms with Crippen molar-refractivity contribution in [1.29, 1.82) is 0 Å². The van der Waals surface area contributed by atoms with Gasteiger partial charge in [0.1, 0.15) is 11.6 Å². The number of carbonyl (C=O) groups is 1. The van der Waals surface area contributed by atoms with Crippen LogP contribution in [0.4, 0.5) is 8.78 Å². The molecule has 0 aliphatic carbocycles. The van der Waals surface area contributed by atoms with Crippen LogP contribution in [-0.4, -0.2) is 23.3 Å². The highest BCUT2D eigenvalue weighted by molar-refractivity contribution is 5.98. The summed E-state index contributed by atoms with van der Waals surface area (Å²) in [5.74, 6) is -2.20. The minimum absolute atomic E-state index is 0.0290. The molecule has 0 spiro atoms. The van der Waals surface area contributed by atoms with Crippen molar-refractivity contribution in [3.8, 4) is 0 Å². The van der Waals surface area contributed by atoms with Crippen molar-refractivity contribution < 1.29 is 18.3 Å². The van der Waals surface area contributed by atoms with Crippen LogP contribution < -0.4 is 0 Å². The van der Waals surface area contributed by atoms with Gasteiger partial charge in [0.2, 0.25) is 0 Å². The van der Waals surface area contributed by atoms with Crippen molar-refractivity contribution in [1.82, 2.24) is 0 Å². The van der Waals surface area contributed by atoms with Gasteiger partial charge >= 0.3 is 0 Å². The van der Waals surface area contributed by atoms with E-state index in [0.29, 0.717) is 11.2 Å². The Morgan fingerprint density at radius 3 is 2.35 bits per heavy atom. The molecule has 0 saturated heterocycles. The van der Waals surface area contributed by atoms with E-state index in [1.165, 1.54) is 36.4 Å². The minimum atomic E-state index is -0.660. The van der Waals surface area contributed by atoms with E-state index in [1.807, 2.05) is 0 Å². The lowest BCUT2D eigenvalue weighted by molar-refractivity contribution is -0.458. The Morgan fingerprint density at radius 1 is 1.13 bits per heavy atom. The van der Waals surface area contributed by atoms with Crippen molar-refractivity contribution in [3.63, 3.8) is 0 Å². The molecule has 1 atom stereocenters. The van der Waals surface area contributed by atoms with Crippen molar-refractivity contribution in [2.24, 2.45) is 5.92 Å². The molecule has 0 bridgehead atoms. The average molecular weight is 317 g/mol. The van der Waals surface area contributed by atoms with E-state index in [4.69, 9.17) is 0 Å². The van der Waals surface area contributed by atoms with Gasteiger partial charge in [-0.2, -0.15) is 0 Å². The second kappa shape index (κ2) is 7.63. The van der Waals surface area contributed by atoms with Crippen molar-refractivity contribution in [2.45, 2.75) is 13.3 Å². The molecular weight excluding hydrogens is 300 g/mol. The van der Waals surface area contributed by atoms with Crippen LogP contribution in [0.2, 0.25) is 0 Å². The van der Waals surface area contributed by atoms with Gasteiger partial charge in [-0.05, 0) is 30.7 Å². The van der Waals surface area contributed by atoms with Gasteiger partial charge in [0.25, 0.3) is 0 Å². The third kappa shape index (κ3) is 4.22. The number of rotatable bonds is 6. The summed E-state index contributed by atoms with van der Waals surface area (Å²) in [6.07, 6.45) is 1.49. The zero-order valence-corrected chi connectivity index (χ0v) is 12.7. The fourth-order valence-corrected chi connectivity index (χ4v) is 2.28. The molecule has 2 rings (SSSR count). The molecule has 2 aromatic rings. The molecular formula is C18H17F2NO2. The lowest BCUT2D eigenvalue weighted by Gasteiger charge is -2.14. The second-order valence-corrected chi connectivity index (χ2v) is 5.20. The quantitative estimate of drug-likeness (QED) is 0.267. The summed E-state index contributed by atoms with van der Waals surface area (Å²) in [5, 5.41) is 12.0. The number of hydrogen-bond acceptors (Lipinski definition) is 2. The molecule has 0 amide bonds. The molecule has 0 aliphatic heterocycles. The highest BCUT2D eigenvalue weighted by Crippen LogP contribution is 2.16. The van der Waals surface area contributed by atoms with Gasteiger partial charge in [-0.1, -0.05) is 31.2 Å². The van der Waals surface area contributed by atoms with Gasteiger partial charge in [-0.25, -0.2) is 13.5 Å². The van der Waals surface area contributed by atoms with E-state index in [1.54, 1.807) is 19.1 Å². The normalized spacial score (nSPS) is 12.9. The van der Waals surface area contributed by atoms with Crippen molar-refractivity contribution >= 4 is 12.0 Å². The molecule has 0 aliphatic rings. The summed E-state index contributed by atoms with van der Waals surface area (Å²) in [7, 11) is 0. The van der Waals surface area contributed by atoms with Crippen LogP contribution >= 0.6 is 0 Å². The number of halogens is 2. The van der Waals surface area contributed by atoms with Gasteiger partial charge in [0, 0.05) is 0 Å². The number of carbonyl (C=O) groups excluding carboxylic acids is 1. The molecule has 0 heterocycles. The third-order valence-corrected chi connectivity index (χ3v) is 3.59. The summed E-state index contributed by atoms with van der Waals surface area (Å²) in [5.41, 5.74) is 0.120. The number of nitrogens with zero attached hydrogens (tertiary/aromatic N) is 1. The van der Waals surface area contributed by atoms with Gasteiger partial charge in [-0.3, -0.25) is 4.79 Å². The highest BCUT2D eigenvalue weighted by atomic mass is 19.1. The monoisotopic (exact) mass is 317 g/mol. The lowest BCUT2D eigenvalue weighted by atomic mass is 9.95. The minimum Gasteiger partial charge on any atom is -0.624 e. The summed E-state index contributed by atoms with van der Waals surface area (Å²) in [6.45, 7) is 1.60. The largest absolute Gasteiger partial charge is 0.624 e. The second-order valence-electron chi connectivity index (χ2n) is 5.20. The van der Waals surface area contributed by atoms with Crippen LogP contribution in [0, 0.1) is 22.8 Å². The van der Waals surface area contributed by atoms with Gasteiger partial charge in [0.05, 0.1) is 17.0 Å². The lowest BCUT2D eigenvalue weighted by Crippen LogP contribution is -2.25. The average Bonchev–Trinajstić information content (AvgIpc) is 2.54. The van der Waals surface area contributed by atoms with Gasteiger partial charge < -0.3 is 5.21 Å². The first kappa shape index (κ1) is 16.8. The van der Waals surface area contributed by atoms with E-state index in [2.05, 4.69) is 0 Å². The summed E-state index contributed by atoms with van der Waals surface area (Å²) in [4.78, 5) is 12.4. The summed E-state index contributed by atoms with van der Waals surface area (Å²) in [6, 6.07) is 11.5. The Kier molecular flexibility index (Phi) is 5.57. The van der Waals surface area contributed by atoms with Crippen LogP contribution in [0.1, 0.15) is 29.3 Å². The third-order valence-electron chi connectivity index (χ3n) is 3.59. The zero-order valence-electron chi connectivity index (χ0n) is 12.7. The predicted molar refractivity (Wildman–Crippen MR) is 84.6 cm³/mol. The summed E-state index contributed by atoms with van der Waals surface area (Å²) < 4.78 is 27.8. The Balaban J connectivity index is 2.18. The maximum atomic E-state index is 13.7. The van der Waals surface area contributed by atoms with Crippen molar-refractivity contribution in [2.75, 3.05) is 6.54 Å². The van der Waals surface area contributed by atoms with Gasteiger partial charge in [0.15, 0.2) is 18.5 Å². The molecule has 1 unspecified atom stereocenters. The zero-order chi connectivity index (χ0) is 16.8. The molecule has 0 aromatic heterocycles. The Labute approximate surface area is 133 Å². The number of hydrogen-bond donors (Lipinski definition) is 0. The SMILES string of the molecule is CCC(C[N+]([O-])=Cc1ccccc1F)C(=O)c1ccccc1F. The first-order chi connectivity index (χ1) is 11.0. The molecule has 0 saturated carbocycles. The van der Waals surface area contributed by atoms with E-state index < -0.39 is 23.3 Å². The van der Waals surface area contributed by atoms with E-state index >= 15 is 0 Å². The molecule has 5 heteroatoms. The van der Waals surface area contributed by atoms with Crippen LogP contribution in [-0.2, 0) is 0 Å². The topological polar surface area (TPSA) is 43.1 Å². The first-order valence-electron chi connectivity index (χ1n) is 7.34. The molecule has 0 N–H and O–H groups in total. The fraction of sp³-hybridized carbons (Fsp3) is 0.222. The number of hydroxylamine groups is 1. The molecule has 0 fully saturated rings. The Bertz CT molecular complexity index is 728. The number of Topliss-reactive ketones (excluding diaryl/α,β-unsaturated/α-hetero) is 1. The van der Waals surface area contributed by atoms with Crippen molar-refractivity contribution in [3.05, 3.63) is 76.5 Å². The van der Waals surface area contributed by atoms with Crippen LogP contribution in [0.15, 0.2) is 48.5 Å². The van der Waals surface area contributed by atoms with Crippen LogP contribution in [0.5, 0.6) is 0 Å². The van der Waals surface area contributed by atoms with Gasteiger partial charge in [-0.15, -0.1) is 0 Å². The van der Waals surface area contributed by atoms with Crippen LogP contribution in [0.3, 0.4) is 0 Å². The molecule has 23 heavy (non-hydrogen) atoms. The maximum Gasteiger partial charge on any atom is 0.184 e. The molecule has 2 aromatic carbocycles. The Hall–Kier alpha value is -2.56. The standard InChI is InChI=1S/C18H17F2NO2/c1-2-13(18(22)15-8-4-6-10-17(15)20)11-21(23)12-14-7-3-5-9-16(14)19/h3-10,12-13H,2,11H2,1H3. The first-order valence-corrected chi connectivity index (χ1v) is 7.34. The smallest absolute Gasteiger partial charge is 0.184 e. The molecule has 3 nitrogen and oxygen atoms in total. The summed E-state index contributed by atoms with van der Waals surface area (Å²) >= 11 is 0. The predicted octanol–water partition coefficient (Wildman–Crippen LogP) is 3.80.